The van der Waals surface area contributed by atoms with Gasteiger partial charge in [-0.2, -0.15) is 0 Å². The fourth-order valence-electron chi connectivity index (χ4n) is 3.15. The van der Waals surface area contributed by atoms with E-state index < -0.39 is 0 Å². The van der Waals surface area contributed by atoms with Crippen LogP contribution >= 0.6 is 11.3 Å². The molecule has 2 heterocycles. The van der Waals surface area contributed by atoms with Crippen molar-refractivity contribution in [1.29, 1.82) is 0 Å². The zero-order valence-electron chi connectivity index (χ0n) is 14.9. The summed E-state index contributed by atoms with van der Waals surface area (Å²) in [6.45, 7) is 6.33. The molecule has 2 N–H and O–H groups in total. The van der Waals surface area contributed by atoms with Crippen LogP contribution in [0.2, 0.25) is 0 Å². The van der Waals surface area contributed by atoms with Gasteiger partial charge in [0, 0.05) is 25.2 Å². The molecule has 4 rings (SSSR count). The highest BCUT2D eigenvalue weighted by Gasteiger charge is 2.16. The zero-order valence-corrected chi connectivity index (χ0v) is 15.7. The van der Waals surface area contributed by atoms with E-state index in [9.17, 15) is 4.79 Å². The molecular weight excluding hydrogens is 342 g/mol. The van der Waals surface area contributed by atoms with Crippen LogP contribution in [0.1, 0.15) is 37.6 Å². The van der Waals surface area contributed by atoms with Crippen LogP contribution < -0.4 is 10.6 Å². The van der Waals surface area contributed by atoms with Crippen molar-refractivity contribution in [3.05, 3.63) is 75.3 Å². The molecule has 0 aliphatic carbocycles. The molecule has 0 atom stereocenters. The highest BCUT2D eigenvalue weighted by molar-refractivity contribution is 7.17. The van der Waals surface area contributed by atoms with Gasteiger partial charge in [0.25, 0.3) is 5.91 Å². The van der Waals surface area contributed by atoms with Gasteiger partial charge in [-0.3, -0.25) is 4.79 Å². The Kier molecular flexibility index (Phi) is 4.57. The van der Waals surface area contributed by atoms with Gasteiger partial charge in [-0.15, -0.1) is 11.3 Å². The Balaban J connectivity index is 1.47. The van der Waals surface area contributed by atoms with Crippen molar-refractivity contribution < 1.29 is 4.79 Å². The van der Waals surface area contributed by atoms with Gasteiger partial charge in [0.15, 0.2) is 0 Å². The molecular formula is C21H21N3OS. The number of carbonyl (C=O) groups excluding carboxylic acids is 1. The summed E-state index contributed by atoms with van der Waals surface area (Å²) in [5.74, 6) is -0.0583. The van der Waals surface area contributed by atoms with Crippen molar-refractivity contribution in [3.8, 4) is 10.6 Å². The molecule has 0 bridgehead atoms. The van der Waals surface area contributed by atoms with Gasteiger partial charge in [0.2, 0.25) is 0 Å². The second kappa shape index (κ2) is 7.02. The number of benzene rings is 2. The fourth-order valence-corrected chi connectivity index (χ4v) is 4.14. The Bertz CT molecular complexity index is 960. The summed E-state index contributed by atoms with van der Waals surface area (Å²) >= 11 is 1.45. The summed E-state index contributed by atoms with van der Waals surface area (Å²) in [6.07, 6.45) is 0. The number of nitrogens with zero attached hydrogens (tertiary/aromatic N) is 1. The number of rotatable bonds is 4. The van der Waals surface area contributed by atoms with E-state index in [0.29, 0.717) is 11.4 Å². The van der Waals surface area contributed by atoms with Crippen molar-refractivity contribution in [2.75, 3.05) is 0 Å². The monoisotopic (exact) mass is 363 g/mol. The largest absolute Gasteiger partial charge is 0.347 e. The maximum Gasteiger partial charge on any atom is 0.263 e. The number of nitrogens with one attached hydrogen (secondary N) is 2. The maximum atomic E-state index is 12.6. The Labute approximate surface area is 157 Å². The van der Waals surface area contributed by atoms with Gasteiger partial charge in [-0.05, 0) is 30.5 Å². The Morgan fingerprint density at radius 1 is 1.12 bits per heavy atom. The number of aromatic nitrogens is 1. The first kappa shape index (κ1) is 16.9. The second-order valence-corrected chi connectivity index (χ2v) is 7.69. The predicted molar refractivity (Wildman–Crippen MR) is 105 cm³/mol. The zero-order chi connectivity index (χ0) is 18.1. The molecule has 5 heteroatoms. The van der Waals surface area contributed by atoms with E-state index in [0.717, 1.165) is 34.9 Å². The Hall–Kier alpha value is -2.50. The highest BCUT2D eigenvalue weighted by Crippen LogP contribution is 2.28. The summed E-state index contributed by atoms with van der Waals surface area (Å²) in [5, 5.41) is 7.26. The quantitative estimate of drug-likeness (QED) is 0.738. The fraction of sp³-hybridized carbons (Fsp3) is 0.238. The van der Waals surface area contributed by atoms with Crippen molar-refractivity contribution >= 4 is 17.2 Å². The molecule has 0 saturated carbocycles. The molecule has 1 amide bonds. The standard InChI is InChI=1S/C21H21N3OS/c1-13-3-6-16(7-4-13)21-24-14(2)19(26-21)20(25)23-10-15-5-8-17-11-22-12-18(17)9-15/h3-9,22H,10-12H2,1-2H3,(H,23,25). The van der Waals surface area contributed by atoms with Crippen LogP contribution in [0.3, 0.4) is 0 Å². The summed E-state index contributed by atoms with van der Waals surface area (Å²) in [4.78, 5) is 17.9. The molecule has 132 valence electrons. The van der Waals surface area contributed by atoms with Crippen LogP contribution in [-0.2, 0) is 19.6 Å². The van der Waals surface area contributed by atoms with Crippen molar-refractivity contribution in [1.82, 2.24) is 15.6 Å². The lowest BCUT2D eigenvalue weighted by atomic mass is 10.1. The molecule has 0 spiro atoms. The summed E-state index contributed by atoms with van der Waals surface area (Å²) in [6, 6.07) is 14.6. The van der Waals surface area contributed by atoms with Crippen LogP contribution in [-0.4, -0.2) is 10.9 Å². The van der Waals surface area contributed by atoms with E-state index in [-0.39, 0.29) is 5.91 Å². The van der Waals surface area contributed by atoms with E-state index in [2.05, 4.69) is 52.9 Å². The van der Waals surface area contributed by atoms with Gasteiger partial charge in [-0.25, -0.2) is 4.98 Å². The van der Waals surface area contributed by atoms with E-state index in [1.54, 1.807) is 0 Å². The number of carbonyl (C=O) groups is 1. The van der Waals surface area contributed by atoms with Crippen LogP contribution in [0.5, 0.6) is 0 Å². The van der Waals surface area contributed by atoms with Crippen molar-refractivity contribution in [3.63, 3.8) is 0 Å². The first-order valence-corrected chi connectivity index (χ1v) is 9.56. The summed E-state index contributed by atoms with van der Waals surface area (Å²) in [5.41, 5.74) is 6.84. The molecule has 4 nitrogen and oxygen atoms in total. The first-order chi connectivity index (χ1) is 12.6. The molecule has 0 unspecified atom stereocenters. The van der Waals surface area contributed by atoms with Crippen LogP contribution in [0.15, 0.2) is 42.5 Å². The molecule has 3 aromatic rings. The molecule has 1 aliphatic heterocycles. The number of hydrogen-bond acceptors (Lipinski definition) is 4. The molecule has 2 aromatic carbocycles. The van der Waals surface area contributed by atoms with Gasteiger partial charge >= 0.3 is 0 Å². The third-order valence-corrected chi connectivity index (χ3v) is 5.86. The van der Waals surface area contributed by atoms with E-state index in [1.807, 2.05) is 19.1 Å². The van der Waals surface area contributed by atoms with Crippen LogP contribution in [0.4, 0.5) is 0 Å². The van der Waals surface area contributed by atoms with Crippen LogP contribution in [0.25, 0.3) is 10.6 Å². The number of thiazole rings is 1. The van der Waals surface area contributed by atoms with E-state index in [1.165, 1.54) is 28.0 Å². The molecule has 0 fully saturated rings. The average molecular weight is 363 g/mol. The minimum absolute atomic E-state index is 0.0583. The minimum atomic E-state index is -0.0583. The van der Waals surface area contributed by atoms with Gasteiger partial charge in [-0.1, -0.05) is 48.0 Å². The number of aryl methyl sites for hydroxylation is 2. The topological polar surface area (TPSA) is 54.0 Å². The first-order valence-electron chi connectivity index (χ1n) is 8.74. The SMILES string of the molecule is Cc1ccc(-c2nc(C)c(C(=O)NCc3ccc4c(c3)CNC4)s2)cc1. The van der Waals surface area contributed by atoms with E-state index >= 15 is 0 Å². The van der Waals surface area contributed by atoms with E-state index in [4.69, 9.17) is 0 Å². The van der Waals surface area contributed by atoms with Gasteiger partial charge < -0.3 is 10.6 Å². The second-order valence-electron chi connectivity index (χ2n) is 6.69. The summed E-state index contributed by atoms with van der Waals surface area (Å²) in [7, 11) is 0. The van der Waals surface area contributed by atoms with Gasteiger partial charge in [0.1, 0.15) is 9.88 Å². The third kappa shape index (κ3) is 3.41. The lowest BCUT2D eigenvalue weighted by molar-refractivity contribution is 0.0954. The normalized spacial score (nSPS) is 12.8. The lowest BCUT2D eigenvalue weighted by Crippen LogP contribution is -2.22. The molecule has 1 aliphatic rings. The molecule has 26 heavy (non-hydrogen) atoms. The maximum absolute atomic E-state index is 12.6. The number of amides is 1. The molecule has 0 radical (unpaired) electrons. The smallest absolute Gasteiger partial charge is 0.263 e. The van der Waals surface area contributed by atoms with Crippen molar-refractivity contribution in [2.45, 2.75) is 33.5 Å². The third-order valence-electron chi connectivity index (χ3n) is 4.66. The summed E-state index contributed by atoms with van der Waals surface area (Å²) < 4.78 is 0. The Morgan fingerprint density at radius 2 is 1.88 bits per heavy atom. The molecule has 0 saturated heterocycles. The average Bonchev–Trinajstić information content (AvgIpc) is 3.26. The van der Waals surface area contributed by atoms with Gasteiger partial charge in [0.05, 0.1) is 5.69 Å². The predicted octanol–water partition coefficient (Wildman–Crippen LogP) is 3.96. The highest BCUT2D eigenvalue weighted by atomic mass is 32.1. The number of hydrogen-bond donors (Lipinski definition) is 2. The lowest BCUT2D eigenvalue weighted by Gasteiger charge is -2.06. The molecule has 1 aromatic heterocycles. The van der Waals surface area contributed by atoms with Crippen molar-refractivity contribution in [2.24, 2.45) is 0 Å². The number of fused-ring (bicyclic) bond motifs is 1. The minimum Gasteiger partial charge on any atom is -0.347 e. The Morgan fingerprint density at radius 3 is 2.69 bits per heavy atom. The van der Waals surface area contributed by atoms with Crippen LogP contribution in [0, 0.1) is 13.8 Å².